The van der Waals surface area contributed by atoms with Crippen LogP contribution in [-0.4, -0.2) is 12.9 Å². The zero-order valence-electron chi connectivity index (χ0n) is 13.6. The number of rotatable bonds is 5. The Labute approximate surface area is 131 Å². The summed E-state index contributed by atoms with van der Waals surface area (Å²) in [6.07, 6.45) is 0.533. The summed E-state index contributed by atoms with van der Waals surface area (Å²) in [7, 11) is 1.63. The highest BCUT2D eigenvalue weighted by Gasteiger charge is 2.17. The van der Waals surface area contributed by atoms with E-state index in [0.717, 1.165) is 17.1 Å². The van der Waals surface area contributed by atoms with Gasteiger partial charge in [-0.1, -0.05) is 20.8 Å². The third-order valence-corrected chi connectivity index (χ3v) is 3.16. The lowest BCUT2D eigenvalue weighted by atomic mass is 9.88. The van der Waals surface area contributed by atoms with Crippen molar-refractivity contribution in [2.45, 2.75) is 27.2 Å². The van der Waals surface area contributed by atoms with Crippen molar-refractivity contribution in [3.8, 4) is 17.2 Å². The lowest BCUT2D eigenvalue weighted by Gasteiger charge is -2.16. The Balaban J connectivity index is 2.03. The lowest BCUT2D eigenvalue weighted by molar-refractivity contribution is 0.0940. The van der Waals surface area contributed by atoms with Gasteiger partial charge in [0, 0.05) is 12.0 Å². The summed E-state index contributed by atoms with van der Waals surface area (Å²) in [5.41, 5.74) is 0.715. The molecule has 0 N–H and O–H groups in total. The van der Waals surface area contributed by atoms with E-state index in [1.54, 1.807) is 7.11 Å². The molecule has 0 aromatic heterocycles. The Bertz CT molecular complexity index is 619. The van der Waals surface area contributed by atoms with Crippen LogP contribution >= 0.6 is 0 Å². The molecule has 0 radical (unpaired) electrons. The van der Waals surface area contributed by atoms with Gasteiger partial charge >= 0.3 is 0 Å². The van der Waals surface area contributed by atoms with Gasteiger partial charge in [-0.25, -0.2) is 0 Å². The molecular weight excluding hydrogens is 276 g/mol. The van der Waals surface area contributed by atoms with Crippen LogP contribution in [0.2, 0.25) is 0 Å². The first kappa shape index (κ1) is 16.1. The molecule has 0 bridgehead atoms. The summed E-state index contributed by atoms with van der Waals surface area (Å²) >= 11 is 0. The molecule has 0 saturated carbocycles. The van der Waals surface area contributed by atoms with Crippen LogP contribution in [-0.2, 0) is 0 Å². The third-order valence-electron chi connectivity index (χ3n) is 3.16. The van der Waals surface area contributed by atoms with Gasteiger partial charge in [0.2, 0.25) is 0 Å². The van der Waals surface area contributed by atoms with Crippen molar-refractivity contribution in [1.29, 1.82) is 0 Å². The van der Waals surface area contributed by atoms with Crippen molar-refractivity contribution in [2.24, 2.45) is 5.41 Å². The largest absolute Gasteiger partial charge is 0.497 e. The van der Waals surface area contributed by atoms with Gasteiger partial charge in [0.05, 0.1) is 7.11 Å². The molecule has 0 amide bonds. The molecule has 0 fully saturated rings. The third kappa shape index (κ3) is 4.62. The van der Waals surface area contributed by atoms with Crippen molar-refractivity contribution in [1.82, 2.24) is 0 Å². The molecule has 0 atom stereocenters. The zero-order valence-corrected chi connectivity index (χ0v) is 13.6. The maximum absolute atomic E-state index is 12.1. The highest BCUT2D eigenvalue weighted by Crippen LogP contribution is 2.26. The van der Waals surface area contributed by atoms with Gasteiger partial charge in [-0.2, -0.15) is 0 Å². The predicted molar refractivity (Wildman–Crippen MR) is 87.9 cm³/mol. The van der Waals surface area contributed by atoms with Crippen molar-refractivity contribution in [3.63, 3.8) is 0 Å². The standard InChI is InChI=1S/C19H22O3/c1-19(2,3)13-18(20)14-5-7-16(8-6-14)22-17-11-9-15(21-4)10-12-17/h5-12H,13H2,1-4H3. The maximum Gasteiger partial charge on any atom is 0.163 e. The van der Waals surface area contributed by atoms with Crippen molar-refractivity contribution < 1.29 is 14.3 Å². The normalized spacial score (nSPS) is 11.1. The van der Waals surface area contributed by atoms with E-state index in [4.69, 9.17) is 9.47 Å². The average Bonchev–Trinajstić information content (AvgIpc) is 2.47. The number of carbonyl (C=O) groups excluding carboxylic acids is 1. The Kier molecular flexibility index (Phi) is 4.86. The second-order valence-corrected chi connectivity index (χ2v) is 6.46. The average molecular weight is 298 g/mol. The minimum atomic E-state index is -0.00461. The summed E-state index contributed by atoms with van der Waals surface area (Å²) in [5.74, 6) is 2.38. The van der Waals surface area contributed by atoms with E-state index in [1.807, 2.05) is 48.5 Å². The fourth-order valence-corrected chi connectivity index (χ4v) is 2.07. The van der Waals surface area contributed by atoms with Gasteiger partial charge in [0.25, 0.3) is 0 Å². The first-order valence-electron chi connectivity index (χ1n) is 7.32. The quantitative estimate of drug-likeness (QED) is 0.720. The molecule has 3 nitrogen and oxygen atoms in total. The van der Waals surface area contributed by atoms with Crippen LogP contribution in [0.1, 0.15) is 37.6 Å². The summed E-state index contributed by atoms with van der Waals surface area (Å²) in [6, 6.07) is 14.6. The van der Waals surface area contributed by atoms with Gasteiger partial charge in [-0.15, -0.1) is 0 Å². The van der Waals surface area contributed by atoms with E-state index in [2.05, 4.69) is 20.8 Å². The van der Waals surface area contributed by atoms with Crippen LogP contribution in [0, 0.1) is 5.41 Å². The highest BCUT2D eigenvalue weighted by molar-refractivity contribution is 5.96. The summed E-state index contributed by atoms with van der Waals surface area (Å²) in [5, 5.41) is 0. The number of benzene rings is 2. The lowest BCUT2D eigenvalue weighted by Crippen LogP contribution is -2.12. The number of Topliss-reactive ketones (excluding diaryl/α,β-unsaturated/α-hetero) is 1. The summed E-state index contributed by atoms with van der Waals surface area (Å²) in [4.78, 5) is 12.1. The predicted octanol–water partition coefficient (Wildman–Crippen LogP) is 5.11. The Morgan fingerprint density at radius 1 is 0.864 bits per heavy atom. The fourth-order valence-electron chi connectivity index (χ4n) is 2.07. The number of ketones is 1. The number of ether oxygens (including phenoxy) is 2. The van der Waals surface area contributed by atoms with E-state index in [1.165, 1.54) is 0 Å². The molecular formula is C19H22O3. The molecule has 3 heteroatoms. The van der Waals surface area contributed by atoms with E-state index >= 15 is 0 Å². The molecule has 2 aromatic rings. The SMILES string of the molecule is COc1ccc(Oc2ccc(C(=O)CC(C)(C)C)cc2)cc1. The molecule has 2 aromatic carbocycles. The van der Waals surface area contributed by atoms with Gasteiger partial charge in [0.15, 0.2) is 5.78 Å². The fraction of sp³-hybridized carbons (Fsp3) is 0.316. The highest BCUT2D eigenvalue weighted by atomic mass is 16.5. The zero-order chi connectivity index (χ0) is 16.2. The molecule has 0 spiro atoms. The van der Waals surface area contributed by atoms with Gasteiger partial charge in [-0.05, 0) is 53.9 Å². The van der Waals surface area contributed by atoms with Crippen molar-refractivity contribution in [3.05, 3.63) is 54.1 Å². The number of hydrogen-bond donors (Lipinski definition) is 0. The van der Waals surface area contributed by atoms with Gasteiger partial charge < -0.3 is 9.47 Å². The van der Waals surface area contributed by atoms with Crippen molar-refractivity contribution >= 4 is 5.78 Å². The van der Waals surface area contributed by atoms with Gasteiger partial charge in [0.1, 0.15) is 17.2 Å². The van der Waals surface area contributed by atoms with E-state index < -0.39 is 0 Å². The van der Waals surface area contributed by atoms with Crippen LogP contribution < -0.4 is 9.47 Å². The molecule has 0 unspecified atom stereocenters. The molecule has 22 heavy (non-hydrogen) atoms. The monoisotopic (exact) mass is 298 g/mol. The summed E-state index contributed by atoms with van der Waals surface area (Å²) < 4.78 is 10.9. The summed E-state index contributed by atoms with van der Waals surface area (Å²) in [6.45, 7) is 6.18. The molecule has 0 aliphatic carbocycles. The first-order chi connectivity index (χ1) is 10.4. The van der Waals surface area contributed by atoms with E-state index in [-0.39, 0.29) is 11.2 Å². The number of hydrogen-bond acceptors (Lipinski definition) is 3. The van der Waals surface area contributed by atoms with Crippen LogP contribution in [0.4, 0.5) is 0 Å². The Morgan fingerprint density at radius 2 is 1.32 bits per heavy atom. The molecule has 0 saturated heterocycles. The van der Waals surface area contributed by atoms with Gasteiger partial charge in [-0.3, -0.25) is 4.79 Å². The molecule has 116 valence electrons. The Morgan fingerprint density at radius 3 is 1.77 bits per heavy atom. The first-order valence-corrected chi connectivity index (χ1v) is 7.32. The van der Waals surface area contributed by atoms with Crippen LogP contribution in [0.5, 0.6) is 17.2 Å². The molecule has 0 aliphatic heterocycles. The smallest absolute Gasteiger partial charge is 0.163 e. The van der Waals surface area contributed by atoms with Crippen LogP contribution in [0.25, 0.3) is 0 Å². The molecule has 0 aliphatic rings. The minimum absolute atomic E-state index is 0.00461. The second-order valence-electron chi connectivity index (χ2n) is 6.46. The molecule has 2 rings (SSSR count). The van der Waals surface area contributed by atoms with Crippen molar-refractivity contribution in [2.75, 3.05) is 7.11 Å². The second kappa shape index (κ2) is 6.65. The number of methoxy groups -OCH3 is 1. The van der Waals surface area contributed by atoms with E-state index in [0.29, 0.717) is 12.2 Å². The Hall–Kier alpha value is -2.29. The number of carbonyl (C=O) groups is 1. The van der Waals surface area contributed by atoms with Crippen LogP contribution in [0.15, 0.2) is 48.5 Å². The maximum atomic E-state index is 12.1. The van der Waals surface area contributed by atoms with E-state index in [9.17, 15) is 4.79 Å². The minimum Gasteiger partial charge on any atom is -0.497 e. The van der Waals surface area contributed by atoms with Crippen LogP contribution in [0.3, 0.4) is 0 Å². The molecule has 0 heterocycles. The topological polar surface area (TPSA) is 35.5 Å².